The van der Waals surface area contributed by atoms with Gasteiger partial charge in [0, 0.05) is 6.54 Å². The van der Waals surface area contributed by atoms with Crippen molar-refractivity contribution in [1.82, 2.24) is 20.8 Å². The van der Waals surface area contributed by atoms with Crippen molar-refractivity contribution in [3.05, 3.63) is 5.89 Å². The lowest BCUT2D eigenvalue weighted by atomic mass is 10.2. The van der Waals surface area contributed by atoms with E-state index >= 15 is 0 Å². The Bertz CT molecular complexity index is 364. The van der Waals surface area contributed by atoms with Crippen molar-refractivity contribution in [3.8, 4) is 0 Å². The zero-order chi connectivity index (χ0) is 13.4. The molecular weight excluding hydrogens is 234 g/mol. The fourth-order valence-electron chi connectivity index (χ4n) is 1.28. The third-order valence-electron chi connectivity index (χ3n) is 2.07. The van der Waals surface area contributed by atoms with E-state index in [-0.39, 0.29) is 18.5 Å². The highest BCUT2D eigenvalue weighted by Crippen LogP contribution is 2.04. The summed E-state index contributed by atoms with van der Waals surface area (Å²) in [6.45, 7) is 8.28. The lowest BCUT2D eigenvalue weighted by molar-refractivity contribution is -0.119. The number of hydrogen-bond donors (Lipinski definition) is 3. The topological polar surface area (TPSA) is 92.1 Å². The predicted molar refractivity (Wildman–Crippen MR) is 68.0 cm³/mol. The minimum Gasteiger partial charge on any atom is -0.407 e. The molecule has 0 aliphatic rings. The van der Waals surface area contributed by atoms with Crippen molar-refractivity contribution >= 4 is 11.9 Å². The first-order valence-corrected chi connectivity index (χ1v) is 6.15. The van der Waals surface area contributed by atoms with Crippen LogP contribution in [0.3, 0.4) is 0 Å². The van der Waals surface area contributed by atoms with Crippen molar-refractivity contribution < 1.29 is 9.21 Å². The van der Waals surface area contributed by atoms with Gasteiger partial charge in [0.15, 0.2) is 0 Å². The molecule has 0 atom stereocenters. The Morgan fingerprint density at radius 2 is 2.17 bits per heavy atom. The highest BCUT2D eigenvalue weighted by molar-refractivity contribution is 5.79. The summed E-state index contributed by atoms with van der Waals surface area (Å²) in [6, 6.07) is 0.266. The predicted octanol–water partition coefficient (Wildman–Crippen LogP) is 0.363. The summed E-state index contributed by atoms with van der Waals surface area (Å²) in [7, 11) is 0. The van der Waals surface area contributed by atoms with E-state index in [0.717, 1.165) is 6.54 Å². The Morgan fingerprint density at radius 1 is 1.39 bits per heavy atom. The molecule has 0 fully saturated rings. The van der Waals surface area contributed by atoms with Crippen LogP contribution in [-0.4, -0.2) is 35.7 Å². The number of likely N-dealkylation sites (N-methyl/N-ethyl adjacent to an activating group) is 1. The van der Waals surface area contributed by atoms with Gasteiger partial charge in [-0.25, -0.2) is 0 Å². The van der Waals surface area contributed by atoms with Crippen LogP contribution in [0, 0.1) is 5.92 Å². The maximum absolute atomic E-state index is 11.2. The van der Waals surface area contributed by atoms with Crippen molar-refractivity contribution in [1.29, 1.82) is 0 Å². The van der Waals surface area contributed by atoms with Crippen LogP contribution in [0.4, 0.5) is 6.01 Å². The molecule has 7 nitrogen and oxygen atoms in total. The molecule has 1 aromatic heterocycles. The van der Waals surface area contributed by atoms with Gasteiger partial charge >= 0.3 is 6.01 Å². The van der Waals surface area contributed by atoms with Crippen molar-refractivity contribution in [2.45, 2.75) is 27.3 Å². The zero-order valence-electron chi connectivity index (χ0n) is 11.1. The van der Waals surface area contributed by atoms with Crippen LogP contribution in [0.15, 0.2) is 4.42 Å². The van der Waals surface area contributed by atoms with Gasteiger partial charge in [-0.15, -0.1) is 5.10 Å². The van der Waals surface area contributed by atoms with Crippen LogP contribution in [0.5, 0.6) is 0 Å². The molecule has 0 bridgehead atoms. The summed E-state index contributed by atoms with van der Waals surface area (Å²) in [5.74, 6) is 0.979. The standard InChI is InChI=1S/C11H21N5O2/c1-4-13-9(17)6-14-11-16-15-10(18-11)7-12-5-8(2)3/h8,12H,4-7H2,1-3H3,(H,13,17)(H,14,16). The van der Waals surface area contributed by atoms with E-state index in [9.17, 15) is 4.79 Å². The van der Waals surface area contributed by atoms with Gasteiger partial charge in [0.2, 0.25) is 11.8 Å². The van der Waals surface area contributed by atoms with Crippen molar-refractivity contribution in [2.75, 3.05) is 25.0 Å². The molecule has 102 valence electrons. The first-order chi connectivity index (χ1) is 8.61. The first kappa shape index (κ1) is 14.4. The summed E-state index contributed by atoms with van der Waals surface area (Å²) in [4.78, 5) is 11.2. The maximum atomic E-state index is 11.2. The van der Waals surface area contributed by atoms with E-state index in [1.807, 2.05) is 6.92 Å². The molecular formula is C11H21N5O2. The van der Waals surface area contributed by atoms with Crippen molar-refractivity contribution in [2.24, 2.45) is 5.92 Å². The Labute approximate surface area is 107 Å². The lowest BCUT2D eigenvalue weighted by Gasteiger charge is -2.04. The highest BCUT2D eigenvalue weighted by Gasteiger charge is 2.07. The maximum Gasteiger partial charge on any atom is 0.315 e. The molecule has 0 radical (unpaired) electrons. The fourth-order valence-corrected chi connectivity index (χ4v) is 1.28. The van der Waals surface area contributed by atoms with E-state index in [2.05, 4.69) is 40.0 Å². The highest BCUT2D eigenvalue weighted by atomic mass is 16.4. The minimum absolute atomic E-state index is 0.102. The SMILES string of the molecule is CCNC(=O)CNc1nnc(CNCC(C)C)o1. The normalized spacial score (nSPS) is 10.7. The lowest BCUT2D eigenvalue weighted by Crippen LogP contribution is -2.29. The van der Waals surface area contributed by atoms with Crippen LogP contribution in [0.25, 0.3) is 0 Å². The summed E-state index contributed by atoms with van der Waals surface area (Å²) >= 11 is 0. The van der Waals surface area contributed by atoms with Gasteiger partial charge < -0.3 is 20.4 Å². The van der Waals surface area contributed by atoms with Crippen LogP contribution < -0.4 is 16.0 Å². The molecule has 0 aliphatic heterocycles. The molecule has 0 saturated carbocycles. The van der Waals surface area contributed by atoms with Gasteiger partial charge in [-0.1, -0.05) is 18.9 Å². The summed E-state index contributed by atoms with van der Waals surface area (Å²) in [5.41, 5.74) is 0. The molecule has 0 saturated heterocycles. The summed E-state index contributed by atoms with van der Waals surface area (Å²) in [5, 5.41) is 16.3. The van der Waals surface area contributed by atoms with Gasteiger partial charge in [0.25, 0.3) is 0 Å². The third kappa shape index (κ3) is 5.62. The Kier molecular flexibility index (Phi) is 6.13. The van der Waals surface area contributed by atoms with E-state index < -0.39 is 0 Å². The monoisotopic (exact) mass is 255 g/mol. The number of carbonyl (C=O) groups is 1. The Balaban J connectivity index is 2.27. The molecule has 1 heterocycles. The first-order valence-electron chi connectivity index (χ1n) is 6.15. The third-order valence-corrected chi connectivity index (χ3v) is 2.07. The van der Waals surface area contributed by atoms with Gasteiger partial charge in [0.05, 0.1) is 13.1 Å². The van der Waals surface area contributed by atoms with Gasteiger partial charge in [0.1, 0.15) is 0 Å². The molecule has 0 aliphatic carbocycles. The number of amides is 1. The van der Waals surface area contributed by atoms with Gasteiger partial charge in [-0.3, -0.25) is 4.79 Å². The van der Waals surface area contributed by atoms with Gasteiger partial charge in [-0.2, -0.15) is 0 Å². The van der Waals surface area contributed by atoms with E-state index in [1.54, 1.807) is 0 Å². The smallest absolute Gasteiger partial charge is 0.315 e. The molecule has 1 amide bonds. The molecule has 0 unspecified atom stereocenters. The van der Waals surface area contributed by atoms with Gasteiger partial charge in [-0.05, 0) is 19.4 Å². The second kappa shape index (κ2) is 7.65. The number of hydrogen-bond acceptors (Lipinski definition) is 6. The molecule has 0 spiro atoms. The average molecular weight is 255 g/mol. The molecule has 3 N–H and O–H groups in total. The second-order valence-corrected chi connectivity index (χ2v) is 4.33. The number of rotatable bonds is 8. The molecule has 1 rings (SSSR count). The molecule has 1 aromatic rings. The van der Waals surface area contributed by atoms with Crippen LogP contribution in [-0.2, 0) is 11.3 Å². The molecule has 0 aromatic carbocycles. The van der Waals surface area contributed by atoms with E-state index in [1.165, 1.54) is 0 Å². The Morgan fingerprint density at radius 3 is 2.83 bits per heavy atom. The summed E-state index contributed by atoms with van der Waals surface area (Å²) in [6.07, 6.45) is 0. The number of carbonyl (C=O) groups excluding carboxylic acids is 1. The fraction of sp³-hybridized carbons (Fsp3) is 0.727. The van der Waals surface area contributed by atoms with Crippen LogP contribution in [0.2, 0.25) is 0 Å². The average Bonchev–Trinajstić information content (AvgIpc) is 2.74. The molecule has 18 heavy (non-hydrogen) atoms. The quantitative estimate of drug-likeness (QED) is 0.621. The van der Waals surface area contributed by atoms with E-state index in [0.29, 0.717) is 24.9 Å². The number of anilines is 1. The number of nitrogens with zero attached hydrogens (tertiary/aromatic N) is 2. The minimum atomic E-state index is -0.102. The number of nitrogens with one attached hydrogen (secondary N) is 3. The number of aromatic nitrogens is 2. The molecule has 7 heteroatoms. The summed E-state index contributed by atoms with van der Waals surface area (Å²) < 4.78 is 5.32. The van der Waals surface area contributed by atoms with E-state index in [4.69, 9.17) is 4.42 Å². The van der Waals surface area contributed by atoms with Crippen molar-refractivity contribution in [3.63, 3.8) is 0 Å². The van der Waals surface area contributed by atoms with Crippen LogP contribution in [0.1, 0.15) is 26.7 Å². The largest absolute Gasteiger partial charge is 0.407 e. The second-order valence-electron chi connectivity index (χ2n) is 4.33. The zero-order valence-corrected chi connectivity index (χ0v) is 11.1. The van der Waals surface area contributed by atoms with Crippen LogP contribution >= 0.6 is 0 Å². The Hall–Kier alpha value is -1.63.